The summed E-state index contributed by atoms with van der Waals surface area (Å²) >= 11 is 12.0. The molecule has 0 unspecified atom stereocenters. The second-order valence-electron chi connectivity index (χ2n) is 7.78. The Hall–Kier alpha value is -4.03. The third kappa shape index (κ3) is 6.45. The van der Waals surface area contributed by atoms with E-state index in [9.17, 15) is 23.1 Å². The quantitative estimate of drug-likeness (QED) is 0.186. The first-order valence-corrected chi connectivity index (χ1v) is 11.6. The zero-order valence-electron chi connectivity index (χ0n) is 19.5. The molecule has 38 heavy (non-hydrogen) atoms. The normalized spacial score (nSPS) is 11.3. The monoisotopic (exact) mass is 567 g/mol. The fourth-order valence-corrected chi connectivity index (χ4v) is 3.72. The molecule has 0 bridgehead atoms. The maximum absolute atomic E-state index is 12.5. The Morgan fingerprint density at radius 1 is 1.13 bits per heavy atom. The van der Waals surface area contributed by atoms with E-state index < -0.39 is 18.1 Å². The van der Waals surface area contributed by atoms with Gasteiger partial charge in [-0.15, -0.1) is 13.2 Å². The van der Waals surface area contributed by atoms with Crippen molar-refractivity contribution >= 4 is 35.0 Å². The summed E-state index contributed by atoms with van der Waals surface area (Å²) in [5, 5.41) is 17.4. The van der Waals surface area contributed by atoms with Gasteiger partial charge in [0.15, 0.2) is 10.9 Å². The van der Waals surface area contributed by atoms with Crippen LogP contribution in [-0.2, 0) is 0 Å². The first kappa shape index (κ1) is 27.0. The summed E-state index contributed by atoms with van der Waals surface area (Å²) < 4.78 is 48.7. The maximum Gasteiger partial charge on any atom is 0.573 e. The molecular formula is C24H18Cl2F3N5O4. The highest BCUT2D eigenvalue weighted by atomic mass is 35.5. The molecule has 2 aromatic heterocycles. The number of ether oxygens (including phenoxy) is 2. The topological polar surface area (TPSA) is 111 Å². The van der Waals surface area contributed by atoms with Crippen LogP contribution < -0.4 is 14.8 Å². The molecule has 2 N–H and O–H groups in total. The molecule has 0 radical (unpaired) electrons. The van der Waals surface area contributed by atoms with Gasteiger partial charge in [0.25, 0.3) is 0 Å². The Balaban J connectivity index is 1.63. The van der Waals surface area contributed by atoms with Crippen LogP contribution in [0.4, 0.5) is 19.0 Å². The number of aryl methyl sites for hydroxylation is 1. The number of anilines is 1. The van der Waals surface area contributed by atoms with E-state index in [1.54, 1.807) is 19.1 Å². The van der Waals surface area contributed by atoms with Crippen molar-refractivity contribution in [3.05, 3.63) is 76.3 Å². The molecule has 0 saturated heterocycles. The smallest absolute Gasteiger partial charge is 0.488 e. The lowest BCUT2D eigenvalue weighted by Gasteiger charge is -2.10. The Labute approximate surface area is 223 Å². The predicted molar refractivity (Wildman–Crippen MR) is 133 cm³/mol. The average molecular weight is 568 g/mol. The highest BCUT2D eigenvalue weighted by Gasteiger charge is 2.31. The van der Waals surface area contributed by atoms with E-state index in [0.29, 0.717) is 17.1 Å². The number of carboxylic acids is 1. The molecule has 0 aliphatic heterocycles. The van der Waals surface area contributed by atoms with Gasteiger partial charge in [-0.25, -0.2) is 19.4 Å². The van der Waals surface area contributed by atoms with Gasteiger partial charge in [-0.2, -0.15) is 5.10 Å². The summed E-state index contributed by atoms with van der Waals surface area (Å²) in [7, 11) is 0. The predicted octanol–water partition coefficient (Wildman–Crippen LogP) is 6.03. The minimum absolute atomic E-state index is 0.000148. The number of aromatic nitrogens is 4. The van der Waals surface area contributed by atoms with Crippen molar-refractivity contribution in [2.75, 3.05) is 18.5 Å². The average Bonchev–Trinajstić information content (AvgIpc) is 3.27. The van der Waals surface area contributed by atoms with Crippen molar-refractivity contribution in [1.82, 2.24) is 19.7 Å². The first-order chi connectivity index (χ1) is 18.0. The maximum atomic E-state index is 12.5. The standard InChI is InChI=1S/C24H18Cl2F3N5O4/c1-13-2-7-16(23(35)36)17(10-13)20-18(37-9-8-30-22-19(25)21(26)31-12-32-22)11-34(33-20)14-3-5-15(6-4-14)38-24(27,28)29/h2-7,10-12H,8-9H2,1H3,(H,35,36)(H,30,31,32). The second-order valence-corrected chi connectivity index (χ2v) is 8.52. The van der Waals surface area contributed by atoms with E-state index in [-0.39, 0.29) is 40.3 Å². The van der Waals surface area contributed by atoms with Crippen molar-refractivity contribution in [3.63, 3.8) is 0 Å². The second kappa shape index (κ2) is 11.2. The van der Waals surface area contributed by atoms with Crippen LogP contribution in [0, 0.1) is 6.92 Å². The fourth-order valence-electron chi connectivity index (χ4n) is 3.43. The number of hydrogen-bond acceptors (Lipinski definition) is 7. The molecule has 2 heterocycles. The van der Waals surface area contributed by atoms with Crippen molar-refractivity contribution in [1.29, 1.82) is 0 Å². The summed E-state index contributed by atoms with van der Waals surface area (Å²) in [6, 6.07) is 9.80. The first-order valence-electron chi connectivity index (χ1n) is 10.8. The van der Waals surface area contributed by atoms with Gasteiger partial charge in [0.2, 0.25) is 0 Å². The number of carboxylic acid groups (broad SMARTS) is 1. The molecule has 14 heteroatoms. The Kier molecular flexibility index (Phi) is 7.93. The highest BCUT2D eigenvalue weighted by Crippen LogP contribution is 2.34. The van der Waals surface area contributed by atoms with Gasteiger partial charge in [0, 0.05) is 5.56 Å². The Bertz CT molecular complexity index is 1460. The lowest BCUT2D eigenvalue weighted by atomic mass is 10.0. The number of benzene rings is 2. The lowest BCUT2D eigenvalue weighted by molar-refractivity contribution is -0.274. The number of hydrogen-bond donors (Lipinski definition) is 2. The molecule has 2 aromatic carbocycles. The number of rotatable bonds is 9. The van der Waals surface area contributed by atoms with Crippen LogP contribution in [0.1, 0.15) is 15.9 Å². The van der Waals surface area contributed by atoms with Gasteiger partial charge in [-0.05, 0) is 43.3 Å². The van der Waals surface area contributed by atoms with Gasteiger partial charge < -0.3 is 19.9 Å². The molecule has 0 amide bonds. The molecule has 4 aromatic rings. The highest BCUT2D eigenvalue weighted by molar-refractivity contribution is 6.42. The summed E-state index contributed by atoms with van der Waals surface area (Å²) in [5.74, 6) is -1.01. The third-order valence-corrected chi connectivity index (χ3v) is 5.82. The zero-order chi connectivity index (χ0) is 27.4. The minimum atomic E-state index is -4.82. The number of nitrogens with one attached hydrogen (secondary N) is 1. The summed E-state index contributed by atoms with van der Waals surface area (Å²) in [5.41, 5.74) is 1.71. The Morgan fingerprint density at radius 3 is 2.55 bits per heavy atom. The van der Waals surface area contributed by atoms with Crippen LogP contribution in [-0.4, -0.2) is 50.3 Å². The lowest BCUT2D eigenvalue weighted by Crippen LogP contribution is -2.17. The Morgan fingerprint density at radius 2 is 1.87 bits per heavy atom. The van der Waals surface area contributed by atoms with E-state index in [1.807, 2.05) is 0 Å². The van der Waals surface area contributed by atoms with E-state index in [4.69, 9.17) is 27.9 Å². The molecule has 0 fully saturated rings. The van der Waals surface area contributed by atoms with E-state index in [0.717, 1.165) is 17.7 Å². The van der Waals surface area contributed by atoms with Crippen LogP contribution >= 0.6 is 23.2 Å². The molecule has 4 rings (SSSR count). The van der Waals surface area contributed by atoms with E-state index in [1.165, 1.54) is 35.4 Å². The van der Waals surface area contributed by atoms with Crippen molar-refractivity contribution in [3.8, 4) is 28.4 Å². The molecule has 9 nitrogen and oxygen atoms in total. The largest absolute Gasteiger partial charge is 0.573 e. The number of halogens is 5. The van der Waals surface area contributed by atoms with Gasteiger partial charge in [-0.3, -0.25) is 0 Å². The molecule has 0 spiro atoms. The van der Waals surface area contributed by atoms with Gasteiger partial charge in [0.05, 0.1) is 24.0 Å². The molecule has 0 aliphatic carbocycles. The van der Waals surface area contributed by atoms with Gasteiger partial charge in [-0.1, -0.05) is 34.8 Å². The van der Waals surface area contributed by atoms with Crippen molar-refractivity contribution < 1.29 is 32.5 Å². The van der Waals surface area contributed by atoms with Crippen LogP contribution in [0.3, 0.4) is 0 Å². The summed E-state index contributed by atoms with van der Waals surface area (Å²) in [6.45, 7) is 2.12. The molecule has 0 atom stereocenters. The van der Waals surface area contributed by atoms with E-state index in [2.05, 4.69) is 25.1 Å². The van der Waals surface area contributed by atoms with Crippen LogP contribution in [0.5, 0.6) is 11.5 Å². The van der Waals surface area contributed by atoms with Crippen LogP contribution in [0.2, 0.25) is 10.2 Å². The molecule has 0 saturated carbocycles. The zero-order valence-corrected chi connectivity index (χ0v) is 21.0. The molecule has 198 valence electrons. The number of carbonyl (C=O) groups is 1. The minimum Gasteiger partial charge on any atom is -0.488 e. The van der Waals surface area contributed by atoms with Crippen LogP contribution in [0.25, 0.3) is 16.9 Å². The fraction of sp³-hybridized carbons (Fsp3) is 0.167. The number of alkyl halides is 3. The summed E-state index contributed by atoms with van der Waals surface area (Å²) in [4.78, 5) is 19.7. The number of nitrogens with zero attached hydrogens (tertiary/aromatic N) is 4. The van der Waals surface area contributed by atoms with E-state index >= 15 is 0 Å². The molecule has 0 aliphatic rings. The van der Waals surface area contributed by atoms with Crippen molar-refractivity contribution in [2.45, 2.75) is 13.3 Å². The van der Waals surface area contributed by atoms with Crippen LogP contribution in [0.15, 0.2) is 55.0 Å². The molecular weight excluding hydrogens is 550 g/mol. The summed E-state index contributed by atoms with van der Waals surface area (Å²) in [6.07, 6.45) is -2.08. The van der Waals surface area contributed by atoms with Gasteiger partial charge >= 0.3 is 12.3 Å². The number of aromatic carboxylic acids is 1. The third-order valence-electron chi connectivity index (χ3n) is 5.08. The van der Waals surface area contributed by atoms with Gasteiger partial charge in [0.1, 0.15) is 35.2 Å². The SMILES string of the molecule is Cc1ccc(C(=O)O)c(-c2nn(-c3ccc(OC(F)(F)F)cc3)cc2OCCNc2ncnc(Cl)c2Cl)c1. The van der Waals surface area contributed by atoms with Crippen molar-refractivity contribution in [2.24, 2.45) is 0 Å².